The molecule has 3 rings (SSSR count). The highest BCUT2D eigenvalue weighted by atomic mass is 19.1. The molecule has 23 heavy (non-hydrogen) atoms. The molecule has 3 aromatic rings. The summed E-state index contributed by atoms with van der Waals surface area (Å²) in [6, 6.07) is 15.6. The summed E-state index contributed by atoms with van der Waals surface area (Å²) in [5.41, 5.74) is 2.61. The van der Waals surface area contributed by atoms with Crippen molar-refractivity contribution in [1.82, 2.24) is 10.3 Å². The van der Waals surface area contributed by atoms with Crippen LogP contribution in [0.25, 0.3) is 10.9 Å². The van der Waals surface area contributed by atoms with Gasteiger partial charge in [0, 0.05) is 11.6 Å². The average Bonchev–Trinajstić information content (AvgIpc) is 2.55. The fourth-order valence-electron chi connectivity index (χ4n) is 2.61. The van der Waals surface area contributed by atoms with E-state index in [0.29, 0.717) is 0 Å². The first-order valence-electron chi connectivity index (χ1n) is 7.51. The molecule has 0 spiro atoms. The number of benzene rings is 2. The molecule has 1 heterocycles. The van der Waals surface area contributed by atoms with Gasteiger partial charge in [-0.3, -0.25) is 9.78 Å². The van der Waals surface area contributed by atoms with Gasteiger partial charge in [0.05, 0.1) is 18.0 Å². The van der Waals surface area contributed by atoms with Crippen LogP contribution in [0.1, 0.15) is 24.1 Å². The Kier molecular flexibility index (Phi) is 4.33. The molecule has 0 aliphatic carbocycles. The van der Waals surface area contributed by atoms with Crippen LogP contribution in [0.15, 0.2) is 60.8 Å². The molecule has 116 valence electrons. The predicted molar refractivity (Wildman–Crippen MR) is 88.4 cm³/mol. The van der Waals surface area contributed by atoms with Gasteiger partial charge in [-0.2, -0.15) is 0 Å². The second-order valence-electron chi connectivity index (χ2n) is 5.51. The molecule has 0 aliphatic rings. The molecular formula is C19H17FN2O. The summed E-state index contributed by atoms with van der Waals surface area (Å²) in [5.74, 6) is -0.367. The van der Waals surface area contributed by atoms with E-state index in [9.17, 15) is 9.18 Å². The summed E-state index contributed by atoms with van der Waals surface area (Å²) in [6.45, 7) is 1.88. The predicted octanol–water partition coefficient (Wildman–Crippen LogP) is 3.79. The lowest BCUT2D eigenvalue weighted by molar-refractivity contribution is -0.121. The SMILES string of the molecule is CC(NC(=O)Cc1cccc2cccnc12)c1ccc(F)cc1. The van der Waals surface area contributed by atoms with Crippen LogP contribution in [0.4, 0.5) is 4.39 Å². The standard InChI is InChI=1S/C19H17FN2O/c1-13(14-7-9-17(20)10-8-14)22-18(23)12-16-5-2-4-15-6-3-11-21-19(15)16/h2-11,13H,12H2,1H3,(H,22,23). The third kappa shape index (κ3) is 3.54. The molecule has 0 saturated carbocycles. The molecule has 4 heteroatoms. The van der Waals surface area contributed by atoms with Gasteiger partial charge in [0.25, 0.3) is 0 Å². The zero-order chi connectivity index (χ0) is 16.2. The van der Waals surface area contributed by atoms with Crippen LogP contribution >= 0.6 is 0 Å². The van der Waals surface area contributed by atoms with Crippen LogP contribution < -0.4 is 5.32 Å². The van der Waals surface area contributed by atoms with Crippen molar-refractivity contribution in [2.75, 3.05) is 0 Å². The van der Waals surface area contributed by atoms with Gasteiger partial charge in [-0.05, 0) is 36.2 Å². The molecule has 3 nitrogen and oxygen atoms in total. The number of rotatable bonds is 4. The number of hydrogen-bond acceptors (Lipinski definition) is 2. The minimum Gasteiger partial charge on any atom is -0.349 e. The van der Waals surface area contributed by atoms with Crippen molar-refractivity contribution in [3.05, 3.63) is 77.7 Å². The van der Waals surface area contributed by atoms with Crippen molar-refractivity contribution in [2.45, 2.75) is 19.4 Å². The van der Waals surface area contributed by atoms with Gasteiger partial charge in [0.1, 0.15) is 5.82 Å². The largest absolute Gasteiger partial charge is 0.349 e. The van der Waals surface area contributed by atoms with Crippen LogP contribution in [-0.2, 0) is 11.2 Å². The van der Waals surface area contributed by atoms with Gasteiger partial charge in [-0.25, -0.2) is 4.39 Å². The molecule has 0 fully saturated rings. The van der Waals surface area contributed by atoms with Crippen LogP contribution in [0, 0.1) is 5.82 Å². The van der Waals surface area contributed by atoms with Gasteiger partial charge < -0.3 is 5.32 Å². The van der Waals surface area contributed by atoms with Crippen molar-refractivity contribution in [3.63, 3.8) is 0 Å². The summed E-state index contributed by atoms with van der Waals surface area (Å²) >= 11 is 0. The maximum absolute atomic E-state index is 13.0. The van der Waals surface area contributed by atoms with Crippen molar-refractivity contribution >= 4 is 16.8 Å². The normalized spacial score (nSPS) is 12.1. The van der Waals surface area contributed by atoms with Crippen molar-refractivity contribution in [2.24, 2.45) is 0 Å². The number of para-hydroxylation sites is 1. The van der Waals surface area contributed by atoms with Crippen molar-refractivity contribution in [1.29, 1.82) is 0 Å². The van der Waals surface area contributed by atoms with E-state index in [1.807, 2.05) is 37.3 Å². The number of fused-ring (bicyclic) bond motifs is 1. The van der Waals surface area contributed by atoms with Gasteiger partial charge in [-0.1, -0.05) is 36.4 Å². The van der Waals surface area contributed by atoms with Crippen LogP contribution in [-0.4, -0.2) is 10.9 Å². The van der Waals surface area contributed by atoms with Gasteiger partial charge in [-0.15, -0.1) is 0 Å². The van der Waals surface area contributed by atoms with E-state index in [1.165, 1.54) is 12.1 Å². The highest BCUT2D eigenvalue weighted by Crippen LogP contribution is 2.17. The molecule has 2 aromatic carbocycles. The summed E-state index contributed by atoms with van der Waals surface area (Å²) in [6.07, 6.45) is 1.99. The lowest BCUT2D eigenvalue weighted by Gasteiger charge is -2.14. The third-order valence-electron chi connectivity index (χ3n) is 3.81. The zero-order valence-electron chi connectivity index (χ0n) is 12.8. The third-order valence-corrected chi connectivity index (χ3v) is 3.81. The minimum absolute atomic E-state index is 0.0834. The summed E-state index contributed by atoms with van der Waals surface area (Å²) in [4.78, 5) is 16.7. The fourth-order valence-corrected chi connectivity index (χ4v) is 2.61. The molecule has 1 atom stereocenters. The Hall–Kier alpha value is -2.75. The number of amides is 1. The molecule has 0 bridgehead atoms. The Morgan fingerprint density at radius 1 is 1.13 bits per heavy atom. The Labute approximate surface area is 134 Å². The minimum atomic E-state index is -0.283. The number of nitrogens with zero attached hydrogens (tertiary/aromatic N) is 1. The van der Waals surface area contributed by atoms with E-state index in [-0.39, 0.29) is 24.2 Å². The lowest BCUT2D eigenvalue weighted by atomic mass is 10.1. The molecule has 0 radical (unpaired) electrons. The number of hydrogen-bond donors (Lipinski definition) is 1. The van der Waals surface area contributed by atoms with Crippen molar-refractivity contribution < 1.29 is 9.18 Å². The molecule has 0 saturated heterocycles. The molecule has 0 aliphatic heterocycles. The van der Waals surface area contributed by atoms with E-state index in [0.717, 1.165) is 22.0 Å². The van der Waals surface area contributed by atoms with E-state index < -0.39 is 0 Å². The van der Waals surface area contributed by atoms with Gasteiger partial charge in [0.15, 0.2) is 0 Å². The first-order valence-corrected chi connectivity index (χ1v) is 7.51. The molecule has 1 N–H and O–H groups in total. The number of carbonyl (C=O) groups excluding carboxylic acids is 1. The number of nitrogens with one attached hydrogen (secondary N) is 1. The number of aromatic nitrogens is 1. The van der Waals surface area contributed by atoms with E-state index in [2.05, 4.69) is 10.3 Å². The lowest BCUT2D eigenvalue weighted by Crippen LogP contribution is -2.28. The zero-order valence-corrected chi connectivity index (χ0v) is 12.8. The second kappa shape index (κ2) is 6.57. The first kappa shape index (κ1) is 15.2. The molecule has 1 aromatic heterocycles. The Balaban J connectivity index is 1.72. The second-order valence-corrected chi connectivity index (χ2v) is 5.51. The van der Waals surface area contributed by atoms with E-state index in [1.54, 1.807) is 18.3 Å². The topological polar surface area (TPSA) is 42.0 Å². The Morgan fingerprint density at radius 3 is 2.65 bits per heavy atom. The molecular weight excluding hydrogens is 291 g/mol. The first-order chi connectivity index (χ1) is 11.1. The van der Waals surface area contributed by atoms with Crippen LogP contribution in [0.2, 0.25) is 0 Å². The smallest absolute Gasteiger partial charge is 0.224 e. The monoisotopic (exact) mass is 308 g/mol. The van der Waals surface area contributed by atoms with Crippen molar-refractivity contribution in [3.8, 4) is 0 Å². The number of pyridine rings is 1. The summed E-state index contributed by atoms with van der Waals surface area (Å²) in [7, 11) is 0. The fraction of sp³-hybridized carbons (Fsp3) is 0.158. The van der Waals surface area contributed by atoms with Crippen LogP contribution in [0.5, 0.6) is 0 Å². The van der Waals surface area contributed by atoms with Gasteiger partial charge in [0.2, 0.25) is 5.91 Å². The maximum atomic E-state index is 13.0. The quantitative estimate of drug-likeness (QED) is 0.796. The molecule has 1 amide bonds. The Morgan fingerprint density at radius 2 is 1.87 bits per heavy atom. The number of carbonyl (C=O) groups is 1. The highest BCUT2D eigenvalue weighted by Gasteiger charge is 2.12. The van der Waals surface area contributed by atoms with E-state index in [4.69, 9.17) is 0 Å². The summed E-state index contributed by atoms with van der Waals surface area (Å²) < 4.78 is 13.0. The highest BCUT2D eigenvalue weighted by molar-refractivity contribution is 5.87. The van der Waals surface area contributed by atoms with E-state index >= 15 is 0 Å². The maximum Gasteiger partial charge on any atom is 0.224 e. The average molecular weight is 308 g/mol. The summed E-state index contributed by atoms with van der Waals surface area (Å²) in [5, 5.41) is 3.96. The van der Waals surface area contributed by atoms with Crippen LogP contribution in [0.3, 0.4) is 0 Å². The molecule has 1 unspecified atom stereocenters. The van der Waals surface area contributed by atoms with Gasteiger partial charge >= 0.3 is 0 Å². The Bertz CT molecular complexity index is 825. The number of halogens is 1.